The van der Waals surface area contributed by atoms with E-state index in [1.165, 1.54) is 16.7 Å². The molecule has 0 radical (unpaired) electrons. The van der Waals surface area contributed by atoms with E-state index < -0.39 is 11.5 Å². The second-order valence-electron chi connectivity index (χ2n) is 11.6. The number of pyridine rings is 1. The average molecular weight is 604 g/mol. The van der Waals surface area contributed by atoms with Crippen LogP contribution in [0.4, 0.5) is 10.2 Å². The number of benzene rings is 1. The van der Waals surface area contributed by atoms with Crippen molar-refractivity contribution in [3.8, 4) is 16.9 Å². The minimum Gasteiger partial charge on any atom is -0.352 e. The van der Waals surface area contributed by atoms with Crippen LogP contribution in [-0.4, -0.2) is 60.7 Å². The SMILES string of the molecule is C=CC(=O)N1C(C)CN(c2nc(=O)n(-c3c(C(C)C)cnnc3C(C)C)c3nc(-c4ccccc4F)c(Cl)cc23)CC1C. The Morgan fingerprint density at radius 2 is 1.77 bits per heavy atom. The van der Waals surface area contributed by atoms with Gasteiger partial charge in [-0.2, -0.15) is 15.2 Å². The number of rotatable bonds is 6. The topological polar surface area (TPSA) is 97.1 Å². The molecule has 224 valence electrons. The molecule has 1 amide bonds. The van der Waals surface area contributed by atoms with Gasteiger partial charge < -0.3 is 9.80 Å². The number of anilines is 1. The lowest BCUT2D eigenvalue weighted by molar-refractivity contribution is -0.130. The molecule has 0 aliphatic carbocycles. The molecule has 2 unspecified atom stereocenters. The third kappa shape index (κ3) is 5.40. The van der Waals surface area contributed by atoms with Gasteiger partial charge >= 0.3 is 5.69 Å². The Kier molecular flexibility index (Phi) is 8.34. The summed E-state index contributed by atoms with van der Waals surface area (Å²) < 4.78 is 16.5. The van der Waals surface area contributed by atoms with Gasteiger partial charge in [-0.3, -0.25) is 4.79 Å². The van der Waals surface area contributed by atoms with Crippen LogP contribution in [0.5, 0.6) is 0 Å². The highest BCUT2D eigenvalue weighted by Gasteiger charge is 2.34. The lowest BCUT2D eigenvalue weighted by atomic mass is 9.98. The maximum absolute atomic E-state index is 15.0. The number of carbonyl (C=O) groups is 1. The van der Waals surface area contributed by atoms with E-state index in [0.29, 0.717) is 35.7 Å². The van der Waals surface area contributed by atoms with E-state index in [4.69, 9.17) is 16.6 Å². The lowest BCUT2D eigenvalue weighted by Gasteiger charge is -2.44. The Morgan fingerprint density at radius 3 is 2.37 bits per heavy atom. The molecule has 0 spiro atoms. The smallest absolute Gasteiger partial charge is 0.352 e. The Hall–Kier alpha value is -4.18. The quantitative estimate of drug-likeness (QED) is 0.254. The molecule has 4 aromatic rings. The number of hydrogen-bond donors (Lipinski definition) is 0. The van der Waals surface area contributed by atoms with E-state index in [1.807, 2.05) is 46.4 Å². The zero-order valence-corrected chi connectivity index (χ0v) is 25.9. The van der Waals surface area contributed by atoms with Gasteiger partial charge in [0.2, 0.25) is 5.91 Å². The number of fused-ring (bicyclic) bond motifs is 1. The fourth-order valence-corrected chi connectivity index (χ4v) is 6.14. The maximum Gasteiger partial charge on any atom is 0.355 e. The number of nitrogens with zero attached hydrogens (tertiary/aromatic N) is 7. The fourth-order valence-electron chi connectivity index (χ4n) is 5.89. The molecule has 1 aliphatic heterocycles. The molecular formula is C32H35ClFN7O2. The molecule has 5 rings (SSSR count). The molecular weight excluding hydrogens is 569 g/mol. The third-order valence-corrected chi connectivity index (χ3v) is 8.14. The number of aromatic nitrogens is 5. The predicted molar refractivity (Wildman–Crippen MR) is 167 cm³/mol. The first kappa shape index (κ1) is 30.3. The van der Waals surface area contributed by atoms with Crippen molar-refractivity contribution in [3.05, 3.63) is 81.8 Å². The second kappa shape index (κ2) is 11.8. The summed E-state index contributed by atoms with van der Waals surface area (Å²) in [5.41, 5.74) is 2.13. The van der Waals surface area contributed by atoms with Crippen molar-refractivity contribution in [2.45, 2.75) is 65.5 Å². The highest BCUT2D eigenvalue weighted by atomic mass is 35.5. The predicted octanol–water partition coefficient (Wildman–Crippen LogP) is 5.89. The van der Waals surface area contributed by atoms with Gasteiger partial charge in [0.15, 0.2) is 5.65 Å². The van der Waals surface area contributed by atoms with Crippen LogP contribution in [-0.2, 0) is 4.79 Å². The van der Waals surface area contributed by atoms with Crippen LogP contribution < -0.4 is 10.6 Å². The van der Waals surface area contributed by atoms with Crippen LogP contribution in [0.3, 0.4) is 0 Å². The van der Waals surface area contributed by atoms with E-state index in [1.54, 1.807) is 35.4 Å². The summed E-state index contributed by atoms with van der Waals surface area (Å²) in [6, 6.07) is 7.58. The Labute approximate surface area is 255 Å². The van der Waals surface area contributed by atoms with E-state index in [-0.39, 0.29) is 51.8 Å². The first-order valence-electron chi connectivity index (χ1n) is 14.4. The molecule has 43 heavy (non-hydrogen) atoms. The molecule has 9 nitrogen and oxygen atoms in total. The summed E-state index contributed by atoms with van der Waals surface area (Å²) in [6.45, 7) is 16.4. The largest absolute Gasteiger partial charge is 0.355 e. The molecule has 0 bridgehead atoms. The van der Waals surface area contributed by atoms with Gasteiger partial charge in [0.25, 0.3) is 0 Å². The summed E-state index contributed by atoms with van der Waals surface area (Å²) in [6.07, 6.45) is 2.97. The summed E-state index contributed by atoms with van der Waals surface area (Å²) >= 11 is 6.81. The van der Waals surface area contributed by atoms with Gasteiger partial charge in [-0.05, 0) is 50.0 Å². The third-order valence-electron chi connectivity index (χ3n) is 7.85. The van der Waals surface area contributed by atoms with Crippen molar-refractivity contribution in [3.63, 3.8) is 0 Å². The number of carbonyl (C=O) groups excluding carboxylic acids is 1. The van der Waals surface area contributed by atoms with Crippen LogP contribution in [0.2, 0.25) is 5.02 Å². The fraction of sp³-hybridized carbons (Fsp3) is 0.375. The molecule has 1 aromatic carbocycles. The van der Waals surface area contributed by atoms with E-state index in [0.717, 1.165) is 5.56 Å². The molecule has 1 aliphatic rings. The van der Waals surface area contributed by atoms with Gasteiger partial charge in [0, 0.05) is 36.3 Å². The van der Waals surface area contributed by atoms with Crippen molar-refractivity contribution in [1.29, 1.82) is 0 Å². The van der Waals surface area contributed by atoms with Gasteiger partial charge in [0.1, 0.15) is 11.6 Å². The Bertz CT molecular complexity index is 1750. The van der Waals surface area contributed by atoms with Crippen molar-refractivity contribution >= 4 is 34.4 Å². The number of amides is 1. The molecule has 11 heteroatoms. The van der Waals surface area contributed by atoms with E-state index in [9.17, 15) is 9.59 Å². The number of halogens is 2. The van der Waals surface area contributed by atoms with E-state index in [2.05, 4.69) is 21.8 Å². The van der Waals surface area contributed by atoms with Crippen LogP contribution in [0.1, 0.15) is 64.6 Å². The monoisotopic (exact) mass is 603 g/mol. The summed E-state index contributed by atoms with van der Waals surface area (Å²) in [4.78, 5) is 40.0. The standard InChI is InChI=1S/C32H35ClFN7O2/c1-8-26(42)40-19(6)15-39(16-20(40)7)30-22-13-24(33)28(21-11-9-10-12-25(21)34)36-31(22)41(32(43)37-30)29-23(17(2)3)14-35-38-27(29)18(4)5/h8-14,17-20H,1,15-16H2,2-7H3. The lowest BCUT2D eigenvalue weighted by Crippen LogP contribution is -2.58. The highest BCUT2D eigenvalue weighted by Crippen LogP contribution is 2.37. The number of hydrogen-bond acceptors (Lipinski definition) is 7. The molecule has 2 atom stereocenters. The number of piperazine rings is 1. The maximum atomic E-state index is 15.0. The van der Waals surface area contributed by atoms with Crippen LogP contribution >= 0.6 is 11.6 Å². The van der Waals surface area contributed by atoms with Gasteiger partial charge in [-0.1, -0.05) is 58.0 Å². The summed E-state index contributed by atoms with van der Waals surface area (Å²) in [7, 11) is 0. The Morgan fingerprint density at radius 1 is 1.09 bits per heavy atom. The molecule has 1 fully saturated rings. The van der Waals surface area contributed by atoms with Gasteiger partial charge in [0.05, 0.1) is 33.7 Å². The van der Waals surface area contributed by atoms with Crippen molar-refractivity contribution in [2.24, 2.45) is 0 Å². The molecule has 1 saturated heterocycles. The molecule has 0 N–H and O–H groups in total. The summed E-state index contributed by atoms with van der Waals surface area (Å²) in [5.74, 6) is -0.311. The van der Waals surface area contributed by atoms with Crippen molar-refractivity contribution in [1.82, 2.24) is 29.6 Å². The minimum atomic E-state index is -0.557. The van der Waals surface area contributed by atoms with Crippen LogP contribution in [0, 0.1) is 5.82 Å². The Balaban J connectivity index is 1.85. The van der Waals surface area contributed by atoms with Crippen molar-refractivity contribution < 1.29 is 9.18 Å². The van der Waals surface area contributed by atoms with Crippen LogP contribution in [0.25, 0.3) is 28.0 Å². The minimum absolute atomic E-state index is 0.000128. The molecule has 3 aromatic heterocycles. The van der Waals surface area contributed by atoms with Gasteiger partial charge in [-0.25, -0.2) is 18.7 Å². The van der Waals surface area contributed by atoms with Crippen LogP contribution in [0.15, 0.2) is 54.0 Å². The van der Waals surface area contributed by atoms with E-state index >= 15 is 4.39 Å². The molecule has 0 saturated carbocycles. The first-order valence-corrected chi connectivity index (χ1v) is 14.8. The molecule has 4 heterocycles. The second-order valence-corrected chi connectivity index (χ2v) is 12.0. The van der Waals surface area contributed by atoms with Gasteiger partial charge in [-0.15, -0.1) is 0 Å². The zero-order valence-electron chi connectivity index (χ0n) is 25.2. The first-order chi connectivity index (χ1) is 20.4. The highest BCUT2D eigenvalue weighted by molar-refractivity contribution is 6.33. The zero-order chi connectivity index (χ0) is 31.2. The normalized spacial score (nSPS) is 17.3. The average Bonchev–Trinajstić information content (AvgIpc) is 2.96. The summed E-state index contributed by atoms with van der Waals surface area (Å²) in [5, 5.41) is 9.38. The van der Waals surface area contributed by atoms with Crippen molar-refractivity contribution in [2.75, 3.05) is 18.0 Å².